The number of benzene rings is 2. The van der Waals surface area contributed by atoms with Crippen LogP contribution in [0.5, 0.6) is 11.5 Å². The molecule has 0 heterocycles. The van der Waals surface area contributed by atoms with E-state index in [4.69, 9.17) is 4.55 Å². The number of hydrogen-bond donors (Lipinski definition) is 6. The van der Waals surface area contributed by atoms with Crippen LogP contribution in [0.25, 0.3) is 0 Å². The molecule has 2 rings (SSSR count). The van der Waals surface area contributed by atoms with E-state index in [1.165, 1.54) is 45.9 Å². The predicted octanol–water partition coefficient (Wildman–Crippen LogP) is 3.16. The van der Waals surface area contributed by atoms with Gasteiger partial charge in [-0.25, -0.2) is 0 Å². The maximum atomic E-state index is 12.3. The van der Waals surface area contributed by atoms with Gasteiger partial charge in [0.25, 0.3) is 11.8 Å². The fourth-order valence-corrected chi connectivity index (χ4v) is 6.17. The molecule has 0 unspecified atom stereocenters. The van der Waals surface area contributed by atoms with Crippen LogP contribution in [0.1, 0.15) is 11.1 Å². The van der Waals surface area contributed by atoms with Gasteiger partial charge >= 0.3 is 10.4 Å². The summed E-state index contributed by atoms with van der Waals surface area (Å²) in [5.41, 5.74) is 0.936. The number of carbonyl (C=O) groups is 2. The molecule has 218 valence electrons. The van der Waals surface area contributed by atoms with Gasteiger partial charge in [-0.3, -0.25) is 14.1 Å². The number of aromatic hydroxyl groups is 1. The van der Waals surface area contributed by atoms with Gasteiger partial charge < -0.3 is 30.3 Å². The molecule has 0 aliphatic heterocycles. The van der Waals surface area contributed by atoms with Gasteiger partial charge in [-0.05, 0) is 67.3 Å². The summed E-state index contributed by atoms with van der Waals surface area (Å²) in [7, 11) is -1.80. The summed E-state index contributed by atoms with van der Waals surface area (Å²) in [6.07, 6.45) is 0.0187. The van der Waals surface area contributed by atoms with Gasteiger partial charge in [0.1, 0.15) is 17.2 Å². The highest BCUT2D eigenvalue weighted by Gasteiger charge is 2.16. The van der Waals surface area contributed by atoms with Crippen LogP contribution in [-0.2, 0) is 32.8 Å². The van der Waals surface area contributed by atoms with Crippen molar-refractivity contribution in [3.8, 4) is 11.5 Å². The zero-order valence-corrected chi connectivity index (χ0v) is 26.0. The first kappa shape index (κ1) is 33.7. The first-order valence-electron chi connectivity index (χ1n) is 11.1. The summed E-state index contributed by atoms with van der Waals surface area (Å²) in [6, 6.07) is 8.86. The van der Waals surface area contributed by atoms with Crippen molar-refractivity contribution < 1.29 is 42.3 Å². The van der Waals surface area contributed by atoms with Crippen molar-refractivity contribution in [3.05, 3.63) is 56.5 Å². The molecule has 0 aliphatic carbocycles. The average Bonchev–Trinajstić information content (AvgIpc) is 2.89. The fourth-order valence-electron chi connectivity index (χ4n) is 2.94. The molecule has 2 amide bonds. The minimum Gasteiger partial charge on any atom is -0.507 e. The van der Waals surface area contributed by atoms with Crippen molar-refractivity contribution in [1.82, 2.24) is 10.6 Å². The fraction of sp³-hybridized carbons (Fsp3) is 0.273. The van der Waals surface area contributed by atoms with Crippen molar-refractivity contribution in [2.75, 3.05) is 24.6 Å². The lowest BCUT2D eigenvalue weighted by Crippen LogP contribution is -2.34. The van der Waals surface area contributed by atoms with Gasteiger partial charge in [0.15, 0.2) is 5.75 Å². The number of oxime groups is 2. The first-order valence-corrected chi connectivity index (χ1v) is 16.5. The zero-order valence-electron chi connectivity index (χ0n) is 20.4. The molecular weight excluding hydrogens is 720 g/mol. The normalized spacial score (nSPS) is 12.2. The Kier molecular flexibility index (Phi) is 14.1. The molecule has 0 radical (unpaired) electrons. The first-order chi connectivity index (χ1) is 18.9. The maximum absolute atomic E-state index is 12.3. The van der Waals surface area contributed by atoms with E-state index in [9.17, 15) is 33.5 Å². The quantitative estimate of drug-likeness (QED) is 0.0390. The van der Waals surface area contributed by atoms with Crippen molar-refractivity contribution in [2.24, 2.45) is 10.3 Å². The molecule has 2 aromatic rings. The van der Waals surface area contributed by atoms with Crippen LogP contribution in [0.3, 0.4) is 0 Å². The molecule has 40 heavy (non-hydrogen) atoms. The zero-order chi connectivity index (χ0) is 29.7. The van der Waals surface area contributed by atoms with Crippen LogP contribution in [0.15, 0.2) is 55.7 Å². The number of nitrogens with one attached hydrogen (secondary N) is 2. The third-order valence-corrected chi connectivity index (χ3v) is 8.79. The van der Waals surface area contributed by atoms with Crippen LogP contribution in [0, 0.1) is 0 Å². The molecule has 0 atom stereocenters. The molecule has 0 saturated carbocycles. The van der Waals surface area contributed by atoms with Gasteiger partial charge in [0, 0.05) is 37.4 Å². The van der Waals surface area contributed by atoms with Gasteiger partial charge in [-0.2, -0.15) is 8.42 Å². The SMILES string of the molecule is O=C(NCCSSCCNC(=O)C(Cc1ccc(OS(=O)(=O)O)c(Br)c1)=NO)C(Cc1ccc(O)c(Br)c1)=NO. The predicted molar refractivity (Wildman–Crippen MR) is 159 cm³/mol. The second kappa shape index (κ2) is 16.7. The van der Waals surface area contributed by atoms with Crippen molar-refractivity contribution >= 4 is 87.1 Å². The van der Waals surface area contributed by atoms with Gasteiger partial charge in [-0.15, -0.1) is 0 Å². The molecule has 0 aliphatic rings. The third-order valence-electron chi connectivity index (χ3n) is 4.74. The Morgan fingerprint density at radius 1 is 0.850 bits per heavy atom. The lowest BCUT2D eigenvalue weighted by molar-refractivity contribution is -0.115. The Balaban J connectivity index is 1.66. The van der Waals surface area contributed by atoms with Crippen LogP contribution >= 0.6 is 53.4 Å². The van der Waals surface area contributed by atoms with E-state index in [1.54, 1.807) is 12.1 Å². The monoisotopic (exact) mass is 742 g/mol. The van der Waals surface area contributed by atoms with E-state index < -0.39 is 22.2 Å². The molecule has 0 bridgehead atoms. The van der Waals surface area contributed by atoms with Crippen LogP contribution in [-0.4, -0.2) is 76.3 Å². The number of hydrogen-bond acceptors (Lipinski definition) is 12. The third kappa shape index (κ3) is 11.9. The van der Waals surface area contributed by atoms with Gasteiger partial charge in [-0.1, -0.05) is 44.0 Å². The van der Waals surface area contributed by atoms with Gasteiger partial charge in [0.05, 0.1) is 8.95 Å². The van der Waals surface area contributed by atoms with Crippen molar-refractivity contribution in [2.45, 2.75) is 12.8 Å². The standard InChI is InChI=1S/C22H24Br2N4O9S3/c23-15-9-13(1-3-19(15)29)11-17(27-32)21(30)25-5-7-38-39-8-6-26-22(31)18(28-33)12-14-2-4-20(16(24)10-14)37-40(34,35)36/h1-4,9-10,29,32-33H,5-8,11-12H2,(H,25,30)(H,26,31)(H,34,35,36). The topological polar surface area (TPSA) is 207 Å². The summed E-state index contributed by atoms with van der Waals surface area (Å²) < 4.78 is 35.5. The minimum atomic E-state index is -4.70. The van der Waals surface area contributed by atoms with Crippen LogP contribution < -0.4 is 14.8 Å². The Hall–Kier alpha value is -2.51. The lowest BCUT2D eigenvalue weighted by Gasteiger charge is -2.09. The second-order valence-electron chi connectivity index (χ2n) is 7.66. The summed E-state index contributed by atoms with van der Waals surface area (Å²) >= 11 is 6.29. The highest BCUT2D eigenvalue weighted by atomic mass is 79.9. The van der Waals surface area contributed by atoms with Gasteiger partial charge in [0.2, 0.25) is 0 Å². The summed E-state index contributed by atoms with van der Waals surface area (Å²) in [5.74, 6) is -0.144. The number of nitrogens with zero attached hydrogens (tertiary/aromatic N) is 2. The van der Waals surface area contributed by atoms with Crippen LogP contribution in [0.2, 0.25) is 0 Å². The van der Waals surface area contributed by atoms with E-state index in [1.807, 2.05) is 0 Å². The number of carbonyl (C=O) groups excluding carboxylic acids is 2. The number of halogens is 2. The Morgan fingerprint density at radius 3 is 1.75 bits per heavy atom. The molecule has 2 aromatic carbocycles. The van der Waals surface area contributed by atoms with Crippen molar-refractivity contribution in [1.29, 1.82) is 0 Å². The summed E-state index contributed by atoms with van der Waals surface area (Å²) in [5, 5.41) is 39.4. The molecule has 18 heteroatoms. The summed E-state index contributed by atoms with van der Waals surface area (Å²) in [6.45, 7) is 0.586. The van der Waals surface area contributed by atoms with E-state index in [-0.39, 0.29) is 46.8 Å². The van der Waals surface area contributed by atoms with Crippen molar-refractivity contribution in [3.63, 3.8) is 0 Å². The number of rotatable bonds is 15. The Bertz CT molecular complexity index is 1380. The molecule has 0 fully saturated rings. The van der Waals surface area contributed by atoms with Crippen LogP contribution in [0.4, 0.5) is 0 Å². The molecule has 0 aromatic heterocycles. The maximum Gasteiger partial charge on any atom is 0.446 e. The Labute approximate surface area is 254 Å². The number of phenols is 1. The molecule has 6 N–H and O–H groups in total. The average molecular weight is 744 g/mol. The van der Waals surface area contributed by atoms with E-state index in [0.29, 0.717) is 33.7 Å². The van der Waals surface area contributed by atoms with E-state index in [0.717, 1.165) is 0 Å². The number of phenolic OH excluding ortho intramolecular Hbond substituents is 1. The van der Waals surface area contributed by atoms with E-state index >= 15 is 0 Å². The molecule has 0 spiro atoms. The summed E-state index contributed by atoms with van der Waals surface area (Å²) in [4.78, 5) is 24.6. The number of amides is 2. The highest BCUT2D eigenvalue weighted by Crippen LogP contribution is 2.27. The van der Waals surface area contributed by atoms with E-state index in [2.05, 4.69) is 57.0 Å². The minimum absolute atomic E-state index is 0.0554. The molecule has 13 nitrogen and oxygen atoms in total. The molecule has 0 saturated heterocycles. The molecular formula is C22H24Br2N4O9S3. The smallest absolute Gasteiger partial charge is 0.446 e. The second-order valence-corrected chi connectivity index (χ2v) is 13.1. The lowest BCUT2D eigenvalue weighted by atomic mass is 10.1. The Morgan fingerprint density at radius 2 is 1.32 bits per heavy atom. The highest BCUT2D eigenvalue weighted by molar-refractivity contribution is 9.11. The largest absolute Gasteiger partial charge is 0.507 e.